The maximum absolute atomic E-state index is 2.85. The Labute approximate surface area is 431 Å². The Balaban J connectivity index is 1.31. The summed E-state index contributed by atoms with van der Waals surface area (Å²) < 4.78 is 0. The zero-order chi connectivity index (χ0) is 51.1. The minimum Gasteiger partial charge on any atom is -0.334 e. The Bertz CT molecular complexity index is 3020. The second-order valence-electron chi connectivity index (χ2n) is 28.4. The number of rotatable bonds is 3. The number of fused-ring (bicyclic) bond motifs is 3. The summed E-state index contributed by atoms with van der Waals surface area (Å²) in [5, 5.41) is 0. The standard InChI is InChI=1S/C66H82BN3S/c1-60(2,3)41-22-27-46(28-23-41)68-51-35-44(63(10,11)12)37-55-58(51)67-57-53(68)39-48(70-50-31-26-43(62(7,8)9)34-49(50)65(16)32-20-21-33-66(65,70)17)40-54(57)69(47-29-24-42(25-30-47)61(4,5)6)52-36-45(64(13,14)15)38-56(59(52)67)71(55,18)19/h22-31,34-40H,20-21,32-33H2,1-19H3. The van der Waals surface area contributed by atoms with Crippen LogP contribution in [-0.2, 0) is 32.5 Å². The van der Waals surface area contributed by atoms with Gasteiger partial charge >= 0.3 is 0 Å². The lowest BCUT2D eigenvalue weighted by Crippen LogP contribution is -2.65. The van der Waals surface area contributed by atoms with Gasteiger partial charge in [-0.05, 0) is 186 Å². The van der Waals surface area contributed by atoms with Crippen molar-refractivity contribution in [3.05, 3.63) is 137 Å². The molecule has 0 radical (unpaired) electrons. The predicted octanol–water partition coefficient (Wildman–Crippen LogP) is 16.8. The SMILES string of the molecule is CC(C)(C)c1ccc(N2c3cc(N4c5ccc(C(C)(C)C)cc5C5(C)CCCCC45C)cc4c3B3c5c2cc(C(C)(C)C)cc5S(C)(C)c2cc(C(C)(C)C)cc(c23)N4c2ccc(C(C)(C)C)cc2)cc1. The number of hydrogen-bond acceptors (Lipinski definition) is 3. The van der Waals surface area contributed by atoms with Crippen LogP contribution in [-0.4, -0.2) is 24.8 Å². The van der Waals surface area contributed by atoms with Gasteiger partial charge in [0.2, 0.25) is 0 Å². The Morgan fingerprint density at radius 1 is 0.408 bits per heavy atom. The molecule has 0 saturated heterocycles. The molecule has 11 rings (SSSR count). The number of hydrogen-bond donors (Lipinski definition) is 0. The van der Waals surface area contributed by atoms with Crippen molar-refractivity contribution in [2.75, 3.05) is 27.2 Å². The largest absolute Gasteiger partial charge is 0.334 e. The van der Waals surface area contributed by atoms with Gasteiger partial charge < -0.3 is 14.7 Å². The first-order valence-corrected chi connectivity index (χ1v) is 29.4. The molecule has 0 bridgehead atoms. The second kappa shape index (κ2) is 15.1. The molecule has 6 aromatic carbocycles. The molecule has 1 fully saturated rings. The zero-order valence-electron chi connectivity index (χ0n) is 47.0. The molecule has 0 aromatic heterocycles. The van der Waals surface area contributed by atoms with E-state index in [9.17, 15) is 0 Å². The van der Waals surface area contributed by atoms with E-state index in [1.54, 1.807) is 9.79 Å². The van der Waals surface area contributed by atoms with E-state index in [2.05, 4.69) is 248 Å². The third-order valence-corrected chi connectivity index (χ3v) is 21.1. The van der Waals surface area contributed by atoms with Crippen LogP contribution in [0.15, 0.2) is 113 Å². The van der Waals surface area contributed by atoms with Crippen LogP contribution in [0.5, 0.6) is 0 Å². The summed E-state index contributed by atoms with van der Waals surface area (Å²) in [7, 11) is -1.52. The van der Waals surface area contributed by atoms with E-state index in [1.807, 2.05) is 0 Å². The van der Waals surface area contributed by atoms with Crippen LogP contribution in [0, 0.1) is 0 Å². The molecule has 0 spiro atoms. The molecule has 0 N–H and O–H groups in total. The Morgan fingerprint density at radius 2 is 0.803 bits per heavy atom. The lowest BCUT2D eigenvalue weighted by molar-refractivity contribution is 0.195. The van der Waals surface area contributed by atoms with Crippen LogP contribution < -0.4 is 31.1 Å². The maximum atomic E-state index is 2.85. The molecule has 2 atom stereocenters. The van der Waals surface area contributed by atoms with Gasteiger partial charge in [0, 0.05) is 50.9 Å². The van der Waals surface area contributed by atoms with Crippen LogP contribution in [0.4, 0.5) is 45.5 Å². The summed E-state index contributed by atoms with van der Waals surface area (Å²) in [6.07, 6.45) is 10.0. The van der Waals surface area contributed by atoms with E-state index < -0.39 is 10.0 Å². The molecule has 5 aliphatic rings. The lowest BCUT2D eigenvalue weighted by atomic mass is 9.33. The molecule has 4 aliphatic heterocycles. The molecule has 0 amide bonds. The highest BCUT2D eigenvalue weighted by molar-refractivity contribution is 8.33. The Hall–Kier alpha value is -4.87. The van der Waals surface area contributed by atoms with Gasteiger partial charge in [-0.25, -0.2) is 0 Å². The molecule has 1 aliphatic carbocycles. The molecule has 2 unspecified atom stereocenters. The van der Waals surface area contributed by atoms with Crippen molar-refractivity contribution in [2.24, 2.45) is 0 Å². The predicted molar refractivity (Wildman–Crippen MR) is 313 cm³/mol. The fraction of sp³-hybridized carbons (Fsp3) is 0.455. The molecular formula is C66H82BN3S. The molecule has 4 heterocycles. The molecule has 3 nitrogen and oxygen atoms in total. The molecule has 370 valence electrons. The number of anilines is 8. The van der Waals surface area contributed by atoms with Crippen molar-refractivity contribution in [3.8, 4) is 0 Å². The highest BCUT2D eigenvalue weighted by atomic mass is 32.3. The van der Waals surface area contributed by atoms with Crippen molar-refractivity contribution in [3.63, 3.8) is 0 Å². The highest BCUT2D eigenvalue weighted by Gasteiger charge is 2.59. The van der Waals surface area contributed by atoms with Gasteiger partial charge in [-0.15, -0.1) is 0 Å². The maximum Gasteiger partial charge on any atom is 0.254 e. The fourth-order valence-electron chi connectivity index (χ4n) is 13.5. The average molecular weight is 960 g/mol. The van der Waals surface area contributed by atoms with E-state index in [4.69, 9.17) is 0 Å². The minimum atomic E-state index is -1.52. The van der Waals surface area contributed by atoms with Gasteiger partial charge in [0.1, 0.15) is 0 Å². The summed E-state index contributed by atoms with van der Waals surface area (Å²) in [4.78, 5) is 11.4. The van der Waals surface area contributed by atoms with E-state index >= 15 is 0 Å². The van der Waals surface area contributed by atoms with Crippen LogP contribution in [0.1, 0.15) is 177 Å². The topological polar surface area (TPSA) is 9.72 Å². The minimum absolute atomic E-state index is 0.0100. The number of nitrogens with zero attached hydrogens (tertiary/aromatic N) is 3. The van der Waals surface area contributed by atoms with Gasteiger partial charge in [0.15, 0.2) is 0 Å². The van der Waals surface area contributed by atoms with Crippen LogP contribution >= 0.6 is 10.0 Å². The average Bonchev–Trinajstić information content (AvgIpc) is 3.48. The molecule has 6 aromatic rings. The molecule has 71 heavy (non-hydrogen) atoms. The van der Waals surface area contributed by atoms with E-state index in [1.165, 1.54) is 115 Å². The first-order valence-electron chi connectivity index (χ1n) is 26.9. The van der Waals surface area contributed by atoms with Crippen molar-refractivity contribution < 1.29 is 0 Å². The Kier molecular flexibility index (Phi) is 10.3. The summed E-state index contributed by atoms with van der Waals surface area (Å²) >= 11 is 0. The van der Waals surface area contributed by atoms with Gasteiger partial charge in [-0.2, -0.15) is 10.0 Å². The van der Waals surface area contributed by atoms with Crippen molar-refractivity contribution >= 4 is 78.6 Å². The van der Waals surface area contributed by atoms with Crippen LogP contribution in [0.3, 0.4) is 0 Å². The Morgan fingerprint density at radius 3 is 1.23 bits per heavy atom. The normalized spacial score (nSPS) is 21.5. The van der Waals surface area contributed by atoms with Crippen molar-refractivity contribution in [1.82, 2.24) is 0 Å². The zero-order valence-corrected chi connectivity index (χ0v) is 47.8. The first-order chi connectivity index (χ1) is 32.9. The first kappa shape index (κ1) is 48.4. The third-order valence-electron chi connectivity index (χ3n) is 18.2. The summed E-state index contributed by atoms with van der Waals surface area (Å²) in [6, 6.07) is 42.7. The summed E-state index contributed by atoms with van der Waals surface area (Å²) in [5.41, 5.74) is 23.2. The van der Waals surface area contributed by atoms with Gasteiger partial charge in [0.25, 0.3) is 6.71 Å². The van der Waals surface area contributed by atoms with Crippen molar-refractivity contribution in [1.29, 1.82) is 0 Å². The molecule has 1 saturated carbocycles. The van der Waals surface area contributed by atoms with Gasteiger partial charge in [-0.1, -0.05) is 160 Å². The lowest BCUT2D eigenvalue weighted by Gasteiger charge is -2.53. The molecule has 5 heteroatoms. The van der Waals surface area contributed by atoms with E-state index in [0.717, 1.165) is 6.42 Å². The van der Waals surface area contributed by atoms with Crippen LogP contribution in [0.25, 0.3) is 0 Å². The second-order valence-corrected chi connectivity index (χ2v) is 31.9. The van der Waals surface area contributed by atoms with Crippen LogP contribution in [0.2, 0.25) is 0 Å². The summed E-state index contributed by atoms with van der Waals surface area (Å²) in [6.45, 7) is 40.9. The molecular weight excluding hydrogens is 878 g/mol. The van der Waals surface area contributed by atoms with Gasteiger partial charge in [-0.3, -0.25) is 0 Å². The number of benzene rings is 6. The smallest absolute Gasteiger partial charge is 0.254 e. The van der Waals surface area contributed by atoms with E-state index in [-0.39, 0.29) is 44.7 Å². The van der Waals surface area contributed by atoms with Gasteiger partial charge in [0.05, 0.1) is 5.54 Å². The quantitative estimate of drug-likeness (QED) is 0.163. The van der Waals surface area contributed by atoms with Crippen molar-refractivity contribution in [2.45, 2.75) is 191 Å². The summed E-state index contributed by atoms with van der Waals surface area (Å²) in [5.74, 6) is 0. The van der Waals surface area contributed by atoms with E-state index in [0.29, 0.717) is 0 Å². The highest BCUT2D eigenvalue weighted by Crippen LogP contribution is 2.65. The fourth-order valence-corrected chi connectivity index (χ4v) is 16.1. The third kappa shape index (κ3) is 7.03. The monoisotopic (exact) mass is 960 g/mol.